The van der Waals surface area contributed by atoms with Crippen LogP contribution in [0.25, 0.3) is 16.8 Å². The molecule has 4 heterocycles. The SMILES string of the molecule is O=C(CSc1nc2c(ncn2[C@H]2C[C@H](O)[C@@H](COP(=O)(O)OP(=O)(O)OP(=O)(O)O)O2)c2nccn12)Cc1ccccc1. The van der Waals surface area contributed by atoms with Crippen molar-refractivity contribution in [3.63, 3.8) is 0 Å². The van der Waals surface area contributed by atoms with E-state index in [1.807, 2.05) is 30.3 Å². The van der Waals surface area contributed by atoms with Gasteiger partial charge in [-0.05, 0) is 5.56 Å². The zero-order valence-electron chi connectivity index (χ0n) is 21.7. The Bertz CT molecular complexity index is 1780. The highest BCUT2D eigenvalue weighted by Crippen LogP contribution is 2.66. The Balaban J connectivity index is 1.28. The van der Waals surface area contributed by atoms with E-state index in [0.717, 1.165) is 5.56 Å². The molecule has 0 spiro atoms. The maximum atomic E-state index is 12.6. The number of imidazole rings is 2. The van der Waals surface area contributed by atoms with E-state index in [1.165, 1.54) is 22.7 Å². The number of fused-ring (bicyclic) bond motifs is 3. The molecule has 5 rings (SSSR count). The average Bonchev–Trinajstić information content (AvgIpc) is 3.62. The summed E-state index contributed by atoms with van der Waals surface area (Å²) in [5.74, 6) is 0.122. The van der Waals surface area contributed by atoms with Crippen LogP contribution in [0.2, 0.25) is 0 Å². The molecule has 1 fully saturated rings. The standard InChI is InChI=1S/C21H24N5O13P3S/c27-14(8-13-4-2-1-3-5-13)11-43-21-24-20-18(19-22-6-7-25(19)21)23-12-26(20)17-9-15(28)16(37-17)10-36-41(32,33)39-42(34,35)38-40(29,30)31/h1-7,12,15-17,28H,8-11H2,(H,32,33)(H,34,35)(H2,29,30,31)/t15-,16+,17+/m0/s1. The second-order valence-corrected chi connectivity index (χ2v) is 14.5. The van der Waals surface area contributed by atoms with Gasteiger partial charge < -0.3 is 29.4 Å². The molecule has 2 unspecified atom stereocenters. The molecule has 0 bridgehead atoms. The van der Waals surface area contributed by atoms with Gasteiger partial charge in [0.05, 0.1) is 24.8 Å². The van der Waals surface area contributed by atoms with Gasteiger partial charge in [-0.2, -0.15) is 8.62 Å². The van der Waals surface area contributed by atoms with Crippen LogP contribution in [0.15, 0.2) is 54.2 Å². The molecule has 22 heteroatoms. The van der Waals surface area contributed by atoms with Crippen molar-refractivity contribution in [1.29, 1.82) is 0 Å². The Morgan fingerprint density at radius 1 is 1.05 bits per heavy atom. The molecule has 3 aromatic heterocycles. The van der Waals surface area contributed by atoms with Crippen molar-refractivity contribution in [3.05, 3.63) is 54.6 Å². The first-order valence-electron chi connectivity index (χ1n) is 12.2. The van der Waals surface area contributed by atoms with E-state index < -0.39 is 48.5 Å². The third kappa shape index (κ3) is 8.04. The maximum Gasteiger partial charge on any atom is 0.490 e. The third-order valence-electron chi connectivity index (χ3n) is 5.97. The van der Waals surface area contributed by atoms with Crippen LogP contribution in [-0.4, -0.2) is 79.0 Å². The van der Waals surface area contributed by atoms with Gasteiger partial charge in [0.25, 0.3) is 0 Å². The lowest BCUT2D eigenvalue weighted by Crippen LogP contribution is -2.26. The van der Waals surface area contributed by atoms with Crippen LogP contribution >= 0.6 is 35.2 Å². The molecule has 0 radical (unpaired) electrons. The minimum Gasteiger partial charge on any atom is -0.390 e. The van der Waals surface area contributed by atoms with E-state index in [1.54, 1.807) is 16.8 Å². The highest BCUT2D eigenvalue weighted by Gasteiger charge is 2.43. The number of hydrogen-bond donors (Lipinski definition) is 5. The summed E-state index contributed by atoms with van der Waals surface area (Å²) in [4.78, 5) is 62.3. The number of nitrogens with zero attached hydrogens (tertiary/aromatic N) is 5. The minimum absolute atomic E-state index is 0.0130. The number of ether oxygens (including phenoxy) is 1. The van der Waals surface area contributed by atoms with Crippen LogP contribution in [0.4, 0.5) is 0 Å². The summed E-state index contributed by atoms with van der Waals surface area (Å²) < 4.78 is 55.3. The molecule has 0 aliphatic carbocycles. The molecule has 18 nitrogen and oxygen atoms in total. The molecular weight excluding hydrogens is 655 g/mol. The molecular formula is C21H24N5O13P3S. The molecule has 5 atom stereocenters. The van der Waals surface area contributed by atoms with Crippen molar-refractivity contribution in [3.8, 4) is 0 Å². The summed E-state index contributed by atoms with van der Waals surface area (Å²) in [6, 6.07) is 9.31. The van der Waals surface area contributed by atoms with Gasteiger partial charge in [0.2, 0.25) is 0 Å². The zero-order chi connectivity index (χ0) is 31.0. The van der Waals surface area contributed by atoms with Gasteiger partial charge in [-0.25, -0.2) is 28.6 Å². The topological polar surface area (TPSA) is 254 Å². The van der Waals surface area contributed by atoms with Gasteiger partial charge >= 0.3 is 23.5 Å². The Morgan fingerprint density at radius 2 is 1.79 bits per heavy atom. The molecule has 1 aliphatic heterocycles. The van der Waals surface area contributed by atoms with E-state index in [-0.39, 0.29) is 24.4 Å². The van der Waals surface area contributed by atoms with Gasteiger partial charge in [-0.1, -0.05) is 42.1 Å². The highest BCUT2D eigenvalue weighted by atomic mass is 32.2. The van der Waals surface area contributed by atoms with Crippen molar-refractivity contribution in [2.45, 2.75) is 36.4 Å². The molecule has 232 valence electrons. The van der Waals surface area contributed by atoms with Gasteiger partial charge in [0.15, 0.2) is 22.0 Å². The van der Waals surface area contributed by atoms with Crippen LogP contribution < -0.4 is 0 Å². The van der Waals surface area contributed by atoms with Gasteiger partial charge in [-0.15, -0.1) is 0 Å². The molecule has 1 saturated heterocycles. The first kappa shape index (κ1) is 32.1. The second-order valence-electron chi connectivity index (χ2n) is 9.15. The van der Waals surface area contributed by atoms with Crippen molar-refractivity contribution in [2.75, 3.05) is 12.4 Å². The molecule has 1 aliphatic rings. The number of hydrogen-bond acceptors (Lipinski definition) is 13. The summed E-state index contributed by atoms with van der Waals surface area (Å²) in [5, 5.41) is 11.0. The first-order valence-corrected chi connectivity index (χ1v) is 17.7. The van der Waals surface area contributed by atoms with E-state index in [9.17, 15) is 33.4 Å². The van der Waals surface area contributed by atoms with Crippen molar-refractivity contribution < 1.29 is 61.1 Å². The largest absolute Gasteiger partial charge is 0.490 e. The van der Waals surface area contributed by atoms with Gasteiger partial charge in [-0.3, -0.25) is 18.3 Å². The Hall–Kier alpha value is -2.34. The highest BCUT2D eigenvalue weighted by molar-refractivity contribution is 7.99. The van der Waals surface area contributed by atoms with Gasteiger partial charge in [0, 0.05) is 25.2 Å². The molecule has 1 aromatic carbocycles. The number of benzene rings is 1. The fourth-order valence-corrected chi connectivity index (χ4v) is 8.10. The summed E-state index contributed by atoms with van der Waals surface area (Å²) >= 11 is 1.21. The van der Waals surface area contributed by atoms with E-state index in [0.29, 0.717) is 22.0 Å². The second kappa shape index (κ2) is 12.6. The summed E-state index contributed by atoms with van der Waals surface area (Å²) in [6.07, 6.45) is 1.47. The molecule has 0 saturated carbocycles. The number of aliphatic hydroxyl groups is 1. The third-order valence-corrected chi connectivity index (χ3v) is 10.8. The number of aromatic nitrogens is 5. The lowest BCUT2D eigenvalue weighted by Gasteiger charge is -2.19. The lowest BCUT2D eigenvalue weighted by atomic mass is 10.1. The normalized spacial score (nSPS) is 22.1. The number of phosphoric acid groups is 3. The minimum atomic E-state index is -5.70. The summed E-state index contributed by atoms with van der Waals surface area (Å²) in [6.45, 7) is -0.823. The Morgan fingerprint density at radius 3 is 2.51 bits per heavy atom. The fourth-order valence-electron chi connectivity index (χ4n) is 4.24. The Kier molecular flexibility index (Phi) is 9.38. The lowest BCUT2D eigenvalue weighted by molar-refractivity contribution is -0.116. The van der Waals surface area contributed by atoms with E-state index >= 15 is 0 Å². The average molecular weight is 679 g/mol. The van der Waals surface area contributed by atoms with Gasteiger partial charge in [0.1, 0.15) is 18.1 Å². The number of carbonyl (C=O) groups excluding carboxylic acids is 1. The smallest absolute Gasteiger partial charge is 0.390 e. The first-order chi connectivity index (χ1) is 20.2. The van der Waals surface area contributed by atoms with E-state index in [2.05, 4.69) is 28.1 Å². The number of Topliss-reactive ketones (excluding diaryl/α,β-unsaturated/α-hetero) is 1. The molecule has 43 heavy (non-hydrogen) atoms. The number of phosphoric ester groups is 1. The van der Waals surface area contributed by atoms with Crippen molar-refractivity contribution in [1.82, 2.24) is 23.9 Å². The summed E-state index contributed by atoms with van der Waals surface area (Å²) in [7, 11) is -16.7. The van der Waals surface area contributed by atoms with Crippen LogP contribution in [0.1, 0.15) is 18.2 Å². The quantitative estimate of drug-likeness (QED) is 0.0769. The van der Waals surface area contributed by atoms with Crippen LogP contribution in [0.3, 0.4) is 0 Å². The molecule has 0 amide bonds. The van der Waals surface area contributed by atoms with Crippen LogP contribution in [0, 0.1) is 0 Å². The monoisotopic (exact) mass is 679 g/mol. The van der Waals surface area contributed by atoms with Crippen molar-refractivity contribution >= 4 is 57.8 Å². The number of aliphatic hydroxyl groups excluding tert-OH is 1. The zero-order valence-corrected chi connectivity index (χ0v) is 25.2. The van der Waals surface area contributed by atoms with Crippen LogP contribution in [-0.2, 0) is 42.8 Å². The number of carbonyl (C=O) groups is 1. The molecule has 4 aromatic rings. The Labute approximate surface area is 246 Å². The molecule has 5 N–H and O–H groups in total. The fraction of sp³-hybridized carbons (Fsp3) is 0.333. The predicted molar refractivity (Wildman–Crippen MR) is 147 cm³/mol. The number of rotatable bonds is 13. The van der Waals surface area contributed by atoms with Crippen molar-refractivity contribution in [2.24, 2.45) is 0 Å². The maximum absolute atomic E-state index is 12.6. The number of ketones is 1. The number of thioether (sulfide) groups is 1. The summed E-state index contributed by atoms with van der Waals surface area (Å²) in [5.41, 5.74) is 2.08. The van der Waals surface area contributed by atoms with Crippen LogP contribution in [0.5, 0.6) is 0 Å². The predicted octanol–water partition coefficient (Wildman–Crippen LogP) is 1.97. The van der Waals surface area contributed by atoms with E-state index in [4.69, 9.17) is 14.5 Å².